The van der Waals surface area contributed by atoms with Crippen LogP contribution in [0.3, 0.4) is 0 Å². The predicted molar refractivity (Wildman–Crippen MR) is 74.8 cm³/mol. The highest BCUT2D eigenvalue weighted by molar-refractivity contribution is 6.30. The summed E-state index contributed by atoms with van der Waals surface area (Å²) in [4.78, 5) is 16.6. The lowest BCUT2D eigenvalue weighted by Gasteiger charge is -2.27. The minimum absolute atomic E-state index is 0.0380. The van der Waals surface area contributed by atoms with Crippen LogP contribution in [0.5, 0.6) is 0 Å². The zero-order valence-electron chi connectivity index (χ0n) is 10.8. The van der Waals surface area contributed by atoms with Gasteiger partial charge in [0.1, 0.15) is 0 Å². The molecule has 0 amide bonds. The molecule has 19 heavy (non-hydrogen) atoms. The van der Waals surface area contributed by atoms with Crippen molar-refractivity contribution in [3.63, 3.8) is 0 Å². The van der Waals surface area contributed by atoms with Crippen LogP contribution in [0.15, 0.2) is 12.3 Å². The van der Waals surface area contributed by atoms with Gasteiger partial charge in [0.25, 0.3) is 0 Å². The number of halogens is 1. The summed E-state index contributed by atoms with van der Waals surface area (Å²) in [5, 5.41) is 14.6. The van der Waals surface area contributed by atoms with Crippen molar-refractivity contribution < 1.29 is 4.92 Å². The van der Waals surface area contributed by atoms with E-state index in [1.165, 1.54) is 12.3 Å². The summed E-state index contributed by atoms with van der Waals surface area (Å²) < 4.78 is 0. The summed E-state index contributed by atoms with van der Waals surface area (Å²) >= 11 is 5.76. The molecule has 0 radical (unpaired) electrons. The summed E-state index contributed by atoms with van der Waals surface area (Å²) in [5.74, 6) is 0.927. The maximum absolute atomic E-state index is 11.0. The van der Waals surface area contributed by atoms with Crippen LogP contribution in [0.2, 0.25) is 5.02 Å². The maximum Gasteiger partial charge on any atom is 0.313 e. The van der Waals surface area contributed by atoms with Gasteiger partial charge in [0.15, 0.2) is 0 Å². The van der Waals surface area contributed by atoms with Gasteiger partial charge in [-0.05, 0) is 31.8 Å². The monoisotopic (exact) mass is 284 g/mol. The zero-order chi connectivity index (χ0) is 13.8. The molecule has 0 atom stereocenters. The molecule has 104 valence electrons. The van der Waals surface area contributed by atoms with E-state index >= 15 is 0 Å². The smallest absolute Gasteiger partial charge is 0.313 e. The van der Waals surface area contributed by atoms with E-state index in [1.54, 1.807) is 0 Å². The van der Waals surface area contributed by atoms with E-state index < -0.39 is 4.92 Å². The molecule has 7 heteroatoms. The second-order valence-electron chi connectivity index (χ2n) is 4.83. The Morgan fingerprint density at radius 1 is 1.58 bits per heavy atom. The van der Waals surface area contributed by atoms with Crippen molar-refractivity contribution in [1.82, 2.24) is 10.3 Å². The second kappa shape index (κ2) is 6.16. The van der Waals surface area contributed by atoms with Crippen molar-refractivity contribution in [1.29, 1.82) is 0 Å². The quantitative estimate of drug-likeness (QED) is 0.677. The number of nitrogens with zero attached hydrogens (tertiary/aromatic N) is 3. The molecule has 2 rings (SSSR count). The van der Waals surface area contributed by atoms with Crippen LogP contribution < -0.4 is 10.2 Å². The summed E-state index contributed by atoms with van der Waals surface area (Å²) in [6.45, 7) is 2.79. The molecule has 0 bridgehead atoms. The van der Waals surface area contributed by atoms with Crippen LogP contribution in [0.1, 0.15) is 12.8 Å². The van der Waals surface area contributed by atoms with Crippen molar-refractivity contribution in [3.05, 3.63) is 27.4 Å². The minimum Gasteiger partial charge on any atom is -0.354 e. The first-order valence-corrected chi connectivity index (χ1v) is 6.67. The number of piperidine rings is 1. The topological polar surface area (TPSA) is 71.3 Å². The third-order valence-electron chi connectivity index (χ3n) is 3.36. The second-order valence-corrected chi connectivity index (χ2v) is 5.26. The molecule has 0 aliphatic carbocycles. The normalized spacial score (nSPS) is 16.3. The molecule has 1 aliphatic heterocycles. The fourth-order valence-corrected chi connectivity index (χ4v) is 2.54. The zero-order valence-corrected chi connectivity index (χ0v) is 11.6. The van der Waals surface area contributed by atoms with Gasteiger partial charge in [-0.1, -0.05) is 11.6 Å². The average Bonchev–Trinajstić information content (AvgIpc) is 2.39. The van der Waals surface area contributed by atoms with E-state index in [2.05, 4.69) is 10.3 Å². The Balaban J connectivity index is 2.13. The number of hydrogen-bond acceptors (Lipinski definition) is 5. The lowest BCUT2D eigenvalue weighted by Crippen LogP contribution is -2.35. The van der Waals surface area contributed by atoms with E-state index in [4.69, 9.17) is 11.6 Å². The molecule has 1 N–H and O–H groups in total. The SMILES string of the molecule is CN(CC1CCNCC1)c1ncc(Cl)cc1[N+](=O)[O-]. The number of anilines is 1. The number of aromatic nitrogens is 1. The van der Waals surface area contributed by atoms with Crippen LogP contribution >= 0.6 is 11.6 Å². The number of nitro groups is 1. The van der Waals surface area contributed by atoms with Crippen LogP contribution in [-0.4, -0.2) is 36.6 Å². The van der Waals surface area contributed by atoms with Gasteiger partial charge in [-0.3, -0.25) is 10.1 Å². The molecule has 0 unspecified atom stereocenters. The third kappa shape index (κ3) is 3.54. The molecular formula is C12H17ClN4O2. The van der Waals surface area contributed by atoms with Gasteiger partial charge < -0.3 is 10.2 Å². The summed E-state index contributed by atoms with van der Waals surface area (Å²) in [6, 6.07) is 1.35. The molecule has 6 nitrogen and oxygen atoms in total. The molecule has 1 fully saturated rings. The summed E-state index contributed by atoms with van der Waals surface area (Å²) in [6.07, 6.45) is 3.63. The van der Waals surface area contributed by atoms with E-state index in [0.29, 0.717) is 11.7 Å². The van der Waals surface area contributed by atoms with Gasteiger partial charge in [-0.15, -0.1) is 0 Å². The highest BCUT2D eigenvalue weighted by Gasteiger charge is 2.22. The Hall–Kier alpha value is -1.40. The van der Waals surface area contributed by atoms with Crippen LogP contribution in [0.25, 0.3) is 0 Å². The van der Waals surface area contributed by atoms with Crippen molar-refractivity contribution >= 4 is 23.1 Å². The Morgan fingerprint density at radius 2 is 2.26 bits per heavy atom. The van der Waals surface area contributed by atoms with Crippen LogP contribution in [-0.2, 0) is 0 Å². The van der Waals surface area contributed by atoms with E-state index in [9.17, 15) is 10.1 Å². The van der Waals surface area contributed by atoms with Gasteiger partial charge in [0, 0.05) is 25.9 Å². The van der Waals surface area contributed by atoms with Gasteiger partial charge in [0.05, 0.1) is 9.95 Å². The molecule has 1 aromatic rings. The molecule has 0 aromatic carbocycles. The number of rotatable bonds is 4. The van der Waals surface area contributed by atoms with E-state index in [-0.39, 0.29) is 10.7 Å². The fourth-order valence-electron chi connectivity index (χ4n) is 2.39. The molecule has 0 spiro atoms. The fraction of sp³-hybridized carbons (Fsp3) is 0.583. The Morgan fingerprint density at radius 3 is 2.89 bits per heavy atom. The standard InChI is InChI=1S/C12H17ClN4O2/c1-16(8-9-2-4-14-5-3-9)12-11(17(18)19)6-10(13)7-15-12/h6-7,9,14H,2-5,8H2,1H3. The first kappa shape index (κ1) is 14.0. The molecular weight excluding hydrogens is 268 g/mol. The van der Waals surface area contributed by atoms with Gasteiger partial charge >= 0.3 is 5.69 Å². The van der Waals surface area contributed by atoms with E-state index in [0.717, 1.165) is 32.5 Å². The van der Waals surface area contributed by atoms with Crippen LogP contribution in [0.4, 0.5) is 11.5 Å². The van der Waals surface area contributed by atoms with Crippen LogP contribution in [0, 0.1) is 16.0 Å². The summed E-state index contributed by atoms with van der Waals surface area (Å²) in [7, 11) is 1.84. The van der Waals surface area contributed by atoms with Gasteiger partial charge in [-0.25, -0.2) is 4.98 Å². The number of pyridine rings is 1. The molecule has 2 heterocycles. The largest absolute Gasteiger partial charge is 0.354 e. The Labute approximate surface area is 116 Å². The van der Waals surface area contributed by atoms with Crippen molar-refractivity contribution in [3.8, 4) is 0 Å². The number of nitrogens with one attached hydrogen (secondary N) is 1. The van der Waals surface area contributed by atoms with Crippen molar-refractivity contribution in [2.75, 3.05) is 31.6 Å². The molecule has 0 saturated carbocycles. The highest BCUT2D eigenvalue weighted by atomic mass is 35.5. The van der Waals surface area contributed by atoms with E-state index in [1.807, 2.05) is 11.9 Å². The lowest BCUT2D eigenvalue weighted by atomic mass is 9.98. The summed E-state index contributed by atoms with van der Waals surface area (Å²) in [5.41, 5.74) is -0.0380. The van der Waals surface area contributed by atoms with Crippen molar-refractivity contribution in [2.45, 2.75) is 12.8 Å². The predicted octanol–water partition coefficient (Wildman–Crippen LogP) is 2.08. The van der Waals surface area contributed by atoms with Crippen molar-refractivity contribution in [2.24, 2.45) is 5.92 Å². The maximum atomic E-state index is 11.0. The van der Waals surface area contributed by atoms with Gasteiger partial charge in [0.2, 0.25) is 5.82 Å². The molecule has 1 aromatic heterocycles. The number of hydrogen-bond donors (Lipinski definition) is 1. The van der Waals surface area contributed by atoms with Gasteiger partial charge in [-0.2, -0.15) is 0 Å². The first-order chi connectivity index (χ1) is 9.08. The highest BCUT2D eigenvalue weighted by Crippen LogP contribution is 2.28. The third-order valence-corrected chi connectivity index (χ3v) is 3.57. The minimum atomic E-state index is -0.437. The Bertz CT molecular complexity index is 463. The molecule has 1 saturated heterocycles. The molecule has 1 aliphatic rings. The lowest BCUT2D eigenvalue weighted by molar-refractivity contribution is -0.384. The first-order valence-electron chi connectivity index (χ1n) is 6.29. The average molecular weight is 285 g/mol. The Kier molecular flexibility index (Phi) is 4.55.